The molecule has 0 atom stereocenters. The van der Waals surface area contributed by atoms with Gasteiger partial charge >= 0.3 is 0 Å². The third-order valence-electron chi connectivity index (χ3n) is 1.99. The van der Waals surface area contributed by atoms with Gasteiger partial charge in [-0.2, -0.15) is 5.10 Å². The van der Waals surface area contributed by atoms with Gasteiger partial charge < -0.3 is 11.1 Å². The van der Waals surface area contributed by atoms with Gasteiger partial charge in [0.05, 0.1) is 17.6 Å². The van der Waals surface area contributed by atoms with Gasteiger partial charge in [-0.15, -0.1) is 0 Å². The molecule has 0 radical (unpaired) electrons. The average molecular weight is 252 g/mol. The number of nitrogens with two attached hydrogens (primary N) is 1. The van der Waals surface area contributed by atoms with Crippen LogP contribution in [0.15, 0.2) is 30.7 Å². The van der Waals surface area contributed by atoms with Crippen LogP contribution in [0.3, 0.4) is 0 Å². The molecule has 0 aliphatic heterocycles. The second kappa shape index (κ2) is 4.84. The van der Waals surface area contributed by atoms with Crippen LogP contribution in [0.4, 0.5) is 11.4 Å². The van der Waals surface area contributed by atoms with Crippen molar-refractivity contribution in [3.8, 4) is 0 Å². The molecule has 0 saturated heterocycles. The molecule has 6 nitrogen and oxygen atoms in total. The largest absolute Gasteiger partial charge is 0.396 e. The van der Waals surface area contributed by atoms with E-state index in [1.165, 1.54) is 10.9 Å². The van der Waals surface area contributed by atoms with Crippen LogP contribution in [0.2, 0.25) is 5.15 Å². The van der Waals surface area contributed by atoms with E-state index < -0.39 is 0 Å². The van der Waals surface area contributed by atoms with Gasteiger partial charge in [-0.3, -0.25) is 9.48 Å². The van der Waals surface area contributed by atoms with Crippen molar-refractivity contribution in [2.24, 2.45) is 0 Å². The second-order valence-electron chi connectivity index (χ2n) is 3.36. The first-order valence-corrected chi connectivity index (χ1v) is 5.21. The van der Waals surface area contributed by atoms with E-state index in [2.05, 4.69) is 15.4 Å². The highest BCUT2D eigenvalue weighted by Gasteiger charge is 2.07. The summed E-state index contributed by atoms with van der Waals surface area (Å²) in [5, 5.41) is 6.79. The average Bonchev–Trinajstić information content (AvgIpc) is 2.67. The summed E-state index contributed by atoms with van der Waals surface area (Å²) in [5.74, 6) is -0.247. The first-order chi connectivity index (χ1) is 8.15. The van der Waals surface area contributed by atoms with Crippen molar-refractivity contribution in [1.82, 2.24) is 14.8 Å². The molecular formula is C10H10ClN5O. The molecule has 17 heavy (non-hydrogen) atoms. The van der Waals surface area contributed by atoms with Crippen molar-refractivity contribution in [2.75, 3.05) is 11.1 Å². The Kier molecular flexibility index (Phi) is 3.24. The Morgan fingerprint density at radius 1 is 1.59 bits per heavy atom. The number of carbonyl (C=O) groups is 1. The van der Waals surface area contributed by atoms with Crippen LogP contribution in [-0.4, -0.2) is 20.7 Å². The minimum absolute atomic E-state index is 0.0718. The summed E-state index contributed by atoms with van der Waals surface area (Å²) >= 11 is 5.81. The molecular weight excluding hydrogens is 242 g/mol. The topological polar surface area (TPSA) is 85.8 Å². The highest BCUT2D eigenvalue weighted by atomic mass is 35.5. The van der Waals surface area contributed by atoms with Gasteiger partial charge in [0.1, 0.15) is 6.54 Å². The van der Waals surface area contributed by atoms with Crippen LogP contribution in [0.1, 0.15) is 0 Å². The van der Waals surface area contributed by atoms with Crippen molar-refractivity contribution < 1.29 is 4.79 Å². The maximum Gasteiger partial charge on any atom is 0.246 e. The maximum atomic E-state index is 11.6. The van der Waals surface area contributed by atoms with Gasteiger partial charge in [0.25, 0.3) is 0 Å². The number of pyridine rings is 1. The lowest BCUT2D eigenvalue weighted by Crippen LogP contribution is -2.19. The summed E-state index contributed by atoms with van der Waals surface area (Å²) in [6, 6.07) is 3.36. The summed E-state index contributed by atoms with van der Waals surface area (Å²) < 4.78 is 1.44. The number of nitrogen functional groups attached to an aromatic ring is 1. The number of aromatic nitrogens is 3. The number of anilines is 2. The zero-order valence-electron chi connectivity index (χ0n) is 8.80. The van der Waals surface area contributed by atoms with E-state index in [4.69, 9.17) is 17.3 Å². The third kappa shape index (κ3) is 2.94. The number of nitrogens with zero attached hydrogens (tertiary/aromatic N) is 3. The van der Waals surface area contributed by atoms with E-state index in [0.717, 1.165) is 0 Å². The molecule has 0 unspecified atom stereocenters. The number of nitrogens with one attached hydrogen (secondary N) is 1. The van der Waals surface area contributed by atoms with E-state index in [1.54, 1.807) is 24.5 Å². The monoisotopic (exact) mass is 251 g/mol. The summed E-state index contributed by atoms with van der Waals surface area (Å²) in [6.45, 7) is 0.0718. The molecule has 3 N–H and O–H groups in total. The SMILES string of the molecule is Nc1cnn(CC(=O)Nc2cccnc2Cl)c1. The van der Waals surface area contributed by atoms with Gasteiger partial charge in [-0.25, -0.2) is 4.98 Å². The second-order valence-corrected chi connectivity index (χ2v) is 3.72. The Bertz CT molecular complexity index is 539. The summed E-state index contributed by atoms with van der Waals surface area (Å²) in [5.41, 5.74) is 6.47. The molecule has 2 aromatic rings. The van der Waals surface area contributed by atoms with E-state index >= 15 is 0 Å². The Balaban J connectivity index is 2.01. The predicted octanol–water partition coefficient (Wildman–Crippen LogP) is 1.15. The molecule has 0 fully saturated rings. The number of amides is 1. The van der Waals surface area contributed by atoms with Crippen molar-refractivity contribution in [2.45, 2.75) is 6.54 Å². The van der Waals surface area contributed by atoms with Gasteiger partial charge in [-0.05, 0) is 12.1 Å². The van der Waals surface area contributed by atoms with Gasteiger partial charge in [-0.1, -0.05) is 11.6 Å². The van der Waals surface area contributed by atoms with E-state index in [-0.39, 0.29) is 17.6 Å². The summed E-state index contributed by atoms with van der Waals surface area (Å²) in [6.07, 6.45) is 4.60. The lowest BCUT2D eigenvalue weighted by molar-refractivity contribution is -0.116. The molecule has 88 valence electrons. The standard InChI is InChI=1S/C10H10ClN5O/c11-10-8(2-1-3-13-10)15-9(17)6-16-5-7(12)4-14-16/h1-5H,6,12H2,(H,15,17). The maximum absolute atomic E-state index is 11.6. The molecule has 0 saturated carbocycles. The van der Waals surface area contributed by atoms with Crippen LogP contribution in [0.25, 0.3) is 0 Å². The van der Waals surface area contributed by atoms with Crippen LogP contribution in [-0.2, 0) is 11.3 Å². The first-order valence-electron chi connectivity index (χ1n) is 4.83. The van der Waals surface area contributed by atoms with Crippen molar-refractivity contribution in [3.63, 3.8) is 0 Å². The third-order valence-corrected chi connectivity index (χ3v) is 2.29. The Labute approximate surface area is 102 Å². The molecule has 0 aliphatic carbocycles. The van der Waals surface area contributed by atoms with E-state index in [0.29, 0.717) is 11.4 Å². The predicted molar refractivity (Wildman–Crippen MR) is 64.5 cm³/mol. The van der Waals surface area contributed by atoms with Crippen molar-refractivity contribution in [1.29, 1.82) is 0 Å². The normalized spacial score (nSPS) is 10.2. The Morgan fingerprint density at radius 2 is 2.41 bits per heavy atom. The molecule has 7 heteroatoms. The molecule has 2 rings (SSSR count). The number of halogens is 1. The molecule has 0 aliphatic rings. The first kappa shape index (κ1) is 11.4. The molecule has 0 spiro atoms. The smallest absolute Gasteiger partial charge is 0.246 e. The van der Waals surface area contributed by atoms with Crippen molar-refractivity contribution in [3.05, 3.63) is 35.9 Å². The number of hydrogen-bond donors (Lipinski definition) is 2. The number of carbonyl (C=O) groups excluding carboxylic acids is 1. The van der Waals surface area contributed by atoms with E-state index in [1.807, 2.05) is 0 Å². The highest BCUT2D eigenvalue weighted by Crippen LogP contribution is 2.17. The Hall–Kier alpha value is -2.08. The minimum atomic E-state index is -0.247. The molecule has 0 aromatic carbocycles. The quantitative estimate of drug-likeness (QED) is 0.802. The summed E-state index contributed by atoms with van der Waals surface area (Å²) in [7, 11) is 0. The zero-order chi connectivity index (χ0) is 12.3. The Morgan fingerprint density at radius 3 is 3.06 bits per heavy atom. The molecule has 0 bridgehead atoms. The fourth-order valence-corrected chi connectivity index (χ4v) is 1.45. The molecule has 2 aromatic heterocycles. The van der Waals surface area contributed by atoms with Crippen LogP contribution >= 0.6 is 11.6 Å². The zero-order valence-corrected chi connectivity index (χ0v) is 9.55. The fourth-order valence-electron chi connectivity index (χ4n) is 1.28. The molecule has 1 amide bonds. The van der Waals surface area contributed by atoms with Gasteiger partial charge in [0.15, 0.2) is 5.15 Å². The number of rotatable bonds is 3. The van der Waals surface area contributed by atoms with Crippen LogP contribution in [0, 0.1) is 0 Å². The van der Waals surface area contributed by atoms with Crippen LogP contribution in [0.5, 0.6) is 0 Å². The molecule has 2 heterocycles. The minimum Gasteiger partial charge on any atom is -0.396 e. The van der Waals surface area contributed by atoms with Gasteiger partial charge in [0, 0.05) is 12.4 Å². The fraction of sp³-hybridized carbons (Fsp3) is 0.100. The van der Waals surface area contributed by atoms with Crippen molar-refractivity contribution >= 4 is 28.9 Å². The van der Waals surface area contributed by atoms with Crippen LogP contribution < -0.4 is 11.1 Å². The highest BCUT2D eigenvalue weighted by molar-refractivity contribution is 6.32. The lowest BCUT2D eigenvalue weighted by Gasteiger charge is -2.05. The van der Waals surface area contributed by atoms with Gasteiger partial charge in [0.2, 0.25) is 5.91 Å². The lowest BCUT2D eigenvalue weighted by atomic mass is 10.4. The number of hydrogen-bond acceptors (Lipinski definition) is 4. The van der Waals surface area contributed by atoms with E-state index in [9.17, 15) is 4.79 Å². The summed E-state index contributed by atoms with van der Waals surface area (Å²) in [4.78, 5) is 15.5.